The molecule has 0 aromatic carbocycles. The molecule has 1 aliphatic heterocycles. The summed E-state index contributed by atoms with van der Waals surface area (Å²) in [4.78, 5) is 2.27. The molecular formula is C15H29F2NO. The highest BCUT2D eigenvalue weighted by Gasteiger charge is 2.70. The van der Waals surface area contributed by atoms with E-state index in [9.17, 15) is 13.9 Å². The summed E-state index contributed by atoms with van der Waals surface area (Å²) in [6, 6.07) is 0. The minimum absolute atomic E-state index is 0. The Morgan fingerprint density at radius 1 is 1.05 bits per heavy atom. The standard InChI is InChI=1S/C12H19F2NO.C2H6.CH4/c13-12(14)7-11(12)3-5-15(6-4-11)8-10(9-16)1-2-10;1-2;/h16H,1-9H2;1-2H3;1H4. The van der Waals surface area contributed by atoms with Gasteiger partial charge >= 0.3 is 0 Å². The second kappa shape index (κ2) is 5.65. The molecule has 114 valence electrons. The molecule has 1 saturated heterocycles. The summed E-state index contributed by atoms with van der Waals surface area (Å²) in [6.45, 7) is 6.74. The smallest absolute Gasteiger partial charge is 0.254 e. The number of rotatable bonds is 3. The zero-order chi connectivity index (χ0) is 13.4. The van der Waals surface area contributed by atoms with Crippen molar-refractivity contribution in [3.63, 3.8) is 0 Å². The Labute approximate surface area is 116 Å². The number of aliphatic hydroxyl groups is 1. The highest BCUT2D eigenvalue weighted by atomic mass is 19.3. The molecule has 2 nitrogen and oxygen atoms in total. The highest BCUT2D eigenvalue weighted by molar-refractivity contribution is 5.12. The van der Waals surface area contributed by atoms with Crippen LogP contribution < -0.4 is 0 Å². The maximum Gasteiger partial charge on any atom is 0.254 e. The van der Waals surface area contributed by atoms with E-state index in [1.807, 2.05) is 13.8 Å². The lowest BCUT2D eigenvalue weighted by Crippen LogP contribution is -2.40. The fraction of sp³-hybridized carbons (Fsp3) is 1.00. The first kappa shape index (κ1) is 16.8. The third-order valence-corrected chi connectivity index (χ3v) is 4.88. The van der Waals surface area contributed by atoms with Gasteiger partial charge in [0.1, 0.15) is 0 Å². The van der Waals surface area contributed by atoms with E-state index in [1.54, 1.807) is 0 Å². The van der Waals surface area contributed by atoms with Crippen LogP contribution >= 0.6 is 0 Å². The number of nitrogens with zero attached hydrogens (tertiary/aromatic N) is 1. The number of hydrogen-bond donors (Lipinski definition) is 1. The minimum Gasteiger partial charge on any atom is -0.396 e. The Kier molecular flexibility index (Phi) is 5.00. The van der Waals surface area contributed by atoms with Crippen molar-refractivity contribution in [1.82, 2.24) is 4.90 Å². The summed E-state index contributed by atoms with van der Waals surface area (Å²) in [5, 5.41) is 9.24. The second-order valence-corrected chi connectivity index (χ2v) is 6.10. The molecule has 3 aliphatic rings. The van der Waals surface area contributed by atoms with Crippen LogP contribution in [0.3, 0.4) is 0 Å². The van der Waals surface area contributed by atoms with E-state index < -0.39 is 11.3 Å². The number of likely N-dealkylation sites (tertiary alicyclic amines) is 1. The summed E-state index contributed by atoms with van der Waals surface area (Å²) in [6.07, 6.45) is 3.59. The molecule has 4 heteroatoms. The fourth-order valence-corrected chi connectivity index (χ4v) is 3.08. The Hall–Kier alpha value is -0.220. The molecular weight excluding hydrogens is 248 g/mol. The molecule has 1 heterocycles. The zero-order valence-electron chi connectivity index (χ0n) is 11.5. The Bertz CT molecular complexity index is 295. The first-order valence-corrected chi connectivity index (χ1v) is 7.22. The lowest BCUT2D eigenvalue weighted by molar-refractivity contribution is 0.0247. The van der Waals surface area contributed by atoms with Gasteiger partial charge in [0, 0.05) is 30.4 Å². The summed E-state index contributed by atoms with van der Waals surface area (Å²) in [5.74, 6) is -2.38. The maximum absolute atomic E-state index is 13.2. The molecule has 19 heavy (non-hydrogen) atoms. The van der Waals surface area contributed by atoms with E-state index >= 15 is 0 Å². The number of halogens is 2. The van der Waals surface area contributed by atoms with E-state index in [0.29, 0.717) is 12.8 Å². The van der Waals surface area contributed by atoms with Crippen molar-refractivity contribution in [3.05, 3.63) is 0 Å². The normalized spacial score (nSPS) is 28.9. The maximum atomic E-state index is 13.2. The van der Waals surface area contributed by atoms with Crippen LogP contribution in [-0.4, -0.2) is 42.2 Å². The van der Waals surface area contributed by atoms with Gasteiger partial charge in [-0.2, -0.15) is 0 Å². The van der Waals surface area contributed by atoms with E-state index in [-0.39, 0.29) is 25.9 Å². The van der Waals surface area contributed by atoms with Crippen LogP contribution in [0.1, 0.15) is 53.4 Å². The van der Waals surface area contributed by atoms with Crippen LogP contribution in [0.15, 0.2) is 0 Å². The van der Waals surface area contributed by atoms with Gasteiger partial charge in [0.25, 0.3) is 5.92 Å². The molecule has 0 atom stereocenters. The lowest BCUT2D eigenvalue weighted by Gasteiger charge is -2.34. The number of aliphatic hydroxyl groups excluding tert-OH is 1. The average molecular weight is 277 g/mol. The molecule has 0 radical (unpaired) electrons. The topological polar surface area (TPSA) is 23.5 Å². The third kappa shape index (κ3) is 3.10. The molecule has 1 N–H and O–H groups in total. The van der Waals surface area contributed by atoms with Gasteiger partial charge in [0.05, 0.1) is 0 Å². The molecule has 3 fully saturated rings. The van der Waals surface area contributed by atoms with Crippen LogP contribution in [0.4, 0.5) is 8.78 Å². The quantitative estimate of drug-likeness (QED) is 0.853. The monoisotopic (exact) mass is 277 g/mol. The molecule has 2 aliphatic carbocycles. The lowest BCUT2D eigenvalue weighted by atomic mass is 9.92. The fourth-order valence-electron chi connectivity index (χ4n) is 3.08. The Balaban J connectivity index is 0.000000576. The van der Waals surface area contributed by atoms with Crippen molar-refractivity contribution >= 4 is 0 Å². The molecule has 2 saturated carbocycles. The first-order valence-electron chi connectivity index (χ1n) is 7.22. The van der Waals surface area contributed by atoms with Gasteiger partial charge in [-0.25, -0.2) is 8.78 Å². The van der Waals surface area contributed by atoms with E-state index in [1.165, 1.54) is 0 Å². The van der Waals surface area contributed by atoms with Crippen LogP contribution in [0.5, 0.6) is 0 Å². The van der Waals surface area contributed by atoms with Crippen molar-refractivity contribution in [2.75, 3.05) is 26.2 Å². The number of alkyl halides is 2. The summed E-state index contributed by atoms with van der Waals surface area (Å²) < 4.78 is 26.3. The largest absolute Gasteiger partial charge is 0.396 e. The predicted octanol–water partition coefficient (Wildman–Crippen LogP) is 3.54. The third-order valence-electron chi connectivity index (χ3n) is 4.88. The van der Waals surface area contributed by atoms with Gasteiger partial charge < -0.3 is 10.0 Å². The zero-order valence-corrected chi connectivity index (χ0v) is 11.5. The predicted molar refractivity (Wildman–Crippen MR) is 74.5 cm³/mol. The van der Waals surface area contributed by atoms with Gasteiger partial charge in [-0.05, 0) is 38.8 Å². The van der Waals surface area contributed by atoms with Gasteiger partial charge in [0.15, 0.2) is 0 Å². The highest BCUT2D eigenvalue weighted by Crippen LogP contribution is 2.66. The second-order valence-electron chi connectivity index (χ2n) is 6.10. The minimum atomic E-state index is -2.38. The van der Waals surface area contributed by atoms with Gasteiger partial charge in [-0.15, -0.1) is 0 Å². The van der Waals surface area contributed by atoms with Crippen LogP contribution in [-0.2, 0) is 0 Å². The molecule has 0 aromatic heterocycles. The van der Waals surface area contributed by atoms with Gasteiger partial charge in [-0.3, -0.25) is 0 Å². The van der Waals surface area contributed by atoms with Crippen LogP contribution in [0.25, 0.3) is 0 Å². The number of piperidine rings is 1. The van der Waals surface area contributed by atoms with Crippen LogP contribution in [0.2, 0.25) is 0 Å². The first-order chi connectivity index (χ1) is 8.51. The van der Waals surface area contributed by atoms with Crippen molar-refractivity contribution in [2.24, 2.45) is 10.8 Å². The summed E-state index contributed by atoms with van der Waals surface area (Å²) in [5.41, 5.74) is -0.518. The van der Waals surface area contributed by atoms with Crippen LogP contribution in [0, 0.1) is 10.8 Å². The molecule has 0 bridgehead atoms. The van der Waals surface area contributed by atoms with Crippen molar-refractivity contribution in [1.29, 1.82) is 0 Å². The average Bonchev–Trinajstić information content (AvgIpc) is 3.24. The Morgan fingerprint density at radius 3 is 1.84 bits per heavy atom. The SMILES string of the molecule is C.CC.OCC1(CN2CCC3(CC2)CC3(F)F)CC1. The van der Waals surface area contributed by atoms with Crippen molar-refractivity contribution in [2.45, 2.75) is 59.3 Å². The molecule has 3 rings (SSSR count). The van der Waals surface area contributed by atoms with Crippen molar-refractivity contribution in [3.8, 4) is 0 Å². The Morgan fingerprint density at radius 2 is 1.53 bits per heavy atom. The number of hydrogen-bond acceptors (Lipinski definition) is 2. The summed E-state index contributed by atoms with van der Waals surface area (Å²) in [7, 11) is 0. The summed E-state index contributed by atoms with van der Waals surface area (Å²) >= 11 is 0. The molecule has 0 unspecified atom stereocenters. The van der Waals surface area contributed by atoms with E-state index in [0.717, 1.165) is 32.5 Å². The van der Waals surface area contributed by atoms with E-state index in [4.69, 9.17) is 0 Å². The van der Waals surface area contributed by atoms with Crippen molar-refractivity contribution < 1.29 is 13.9 Å². The van der Waals surface area contributed by atoms with E-state index in [2.05, 4.69) is 4.90 Å². The van der Waals surface area contributed by atoms with Gasteiger partial charge in [0.2, 0.25) is 0 Å². The van der Waals surface area contributed by atoms with Gasteiger partial charge in [-0.1, -0.05) is 21.3 Å². The molecule has 0 amide bonds. The molecule has 1 spiro atoms. The molecule has 0 aromatic rings.